The van der Waals surface area contributed by atoms with Crippen LogP contribution in [0.15, 0.2) is 64.4 Å². The molecule has 1 aromatic heterocycles. The number of carboxylic acid groups (broad SMARTS) is 1. The van der Waals surface area contributed by atoms with E-state index in [9.17, 15) is 19.5 Å². The second kappa shape index (κ2) is 16.9. The maximum atomic E-state index is 12.8. The SMILES string of the molecule is CCCCCCCCCCCCSc1ccc(C(=O)CC(CCn2ncc3ccccc3c2=O)C(=O)O)cc1. The topological polar surface area (TPSA) is 89.3 Å². The fraction of sp³-hybridized carbons (Fsp3) is 0.500. The maximum absolute atomic E-state index is 12.8. The van der Waals surface area contributed by atoms with E-state index in [-0.39, 0.29) is 30.7 Å². The summed E-state index contributed by atoms with van der Waals surface area (Å²) in [6, 6.07) is 14.6. The van der Waals surface area contributed by atoms with E-state index < -0.39 is 11.9 Å². The van der Waals surface area contributed by atoms with Gasteiger partial charge in [0.1, 0.15) is 0 Å². The van der Waals surface area contributed by atoms with Crippen LogP contribution in [-0.4, -0.2) is 32.4 Å². The number of rotatable bonds is 19. The number of thioether (sulfide) groups is 1. The minimum atomic E-state index is -1.04. The highest BCUT2D eigenvalue weighted by atomic mass is 32.2. The number of Topliss-reactive ketones (excluding diaryl/α,β-unsaturated/α-hetero) is 1. The van der Waals surface area contributed by atoms with Gasteiger partial charge < -0.3 is 5.11 Å². The highest BCUT2D eigenvalue weighted by Gasteiger charge is 2.22. The molecule has 1 atom stereocenters. The Balaban J connectivity index is 1.39. The van der Waals surface area contributed by atoms with Crippen molar-refractivity contribution in [3.63, 3.8) is 0 Å². The van der Waals surface area contributed by atoms with Crippen molar-refractivity contribution in [3.8, 4) is 0 Å². The van der Waals surface area contributed by atoms with Gasteiger partial charge in [-0.2, -0.15) is 5.10 Å². The molecule has 39 heavy (non-hydrogen) atoms. The quantitative estimate of drug-likeness (QED) is 0.0931. The molecular formula is C32H42N2O4S. The van der Waals surface area contributed by atoms with Gasteiger partial charge in [-0.05, 0) is 36.8 Å². The zero-order valence-electron chi connectivity index (χ0n) is 23.1. The number of hydrogen-bond acceptors (Lipinski definition) is 5. The molecule has 3 aromatic rings. The van der Waals surface area contributed by atoms with Gasteiger partial charge >= 0.3 is 5.97 Å². The molecule has 0 aliphatic rings. The minimum Gasteiger partial charge on any atom is -0.481 e. The fourth-order valence-corrected chi connectivity index (χ4v) is 5.65. The number of aromatic nitrogens is 2. The van der Waals surface area contributed by atoms with E-state index >= 15 is 0 Å². The predicted octanol–water partition coefficient (Wildman–Crippen LogP) is 7.77. The third-order valence-corrected chi connectivity index (χ3v) is 8.27. The number of ketones is 1. The number of benzene rings is 2. The number of hydrogen-bond donors (Lipinski definition) is 1. The number of aliphatic carboxylic acids is 1. The highest BCUT2D eigenvalue weighted by Crippen LogP contribution is 2.22. The van der Waals surface area contributed by atoms with E-state index in [4.69, 9.17) is 0 Å². The average molecular weight is 551 g/mol. The van der Waals surface area contributed by atoms with Gasteiger partial charge in [-0.25, -0.2) is 4.68 Å². The lowest BCUT2D eigenvalue weighted by Gasteiger charge is -2.13. The van der Waals surface area contributed by atoms with Gasteiger partial charge in [-0.3, -0.25) is 14.4 Å². The Bertz CT molecular complexity index is 1240. The Labute approximate surface area is 236 Å². The summed E-state index contributed by atoms with van der Waals surface area (Å²) < 4.78 is 1.28. The first-order valence-electron chi connectivity index (χ1n) is 14.4. The molecule has 1 unspecified atom stereocenters. The summed E-state index contributed by atoms with van der Waals surface area (Å²) in [7, 11) is 0. The van der Waals surface area contributed by atoms with Crippen LogP contribution >= 0.6 is 11.8 Å². The molecule has 6 nitrogen and oxygen atoms in total. The van der Waals surface area contributed by atoms with Gasteiger partial charge in [0.05, 0.1) is 17.5 Å². The molecule has 0 saturated heterocycles. The Morgan fingerprint density at radius 1 is 0.897 bits per heavy atom. The van der Waals surface area contributed by atoms with Crippen molar-refractivity contribution in [3.05, 3.63) is 70.6 Å². The molecule has 3 rings (SSSR count). The summed E-state index contributed by atoms with van der Waals surface area (Å²) >= 11 is 1.80. The van der Waals surface area contributed by atoms with E-state index in [1.165, 1.54) is 68.9 Å². The van der Waals surface area contributed by atoms with Crippen molar-refractivity contribution in [1.29, 1.82) is 0 Å². The zero-order chi connectivity index (χ0) is 27.9. The van der Waals surface area contributed by atoms with Gasteiger partial charge in [0.15, 0.2) is 5.78 Å². The summed E-state index contributed by atoms with van der Waals surface area (Å²) in [4.78, 5) is 38.5. The van der Waals surface area contributed by atoms with Crippen molar-refractivity contribution in [1.82, 2.24) is 9.78 Å². The van der Waals surface area contributed by atoms with Gasteiger partial charge in [-0.1, -0.05) is 95.0 Å². The zero-order valence-corrected chi connectivity index (χ0v) is 24.0. The molecule has 0 aliphatic carbocycles. The molecule has 0 amide bonds. The third kappa shape index (κ3) is 10.3. The van der Waals surface area contributed by atoms with Crippen LogP contribution in [0.3, 0.4) is 0 Å². The molecule has 2 aromatic carbocycles. The van der Waals surface area contributed by atoms with Gasteiger partial charge in [-0.15, -0.1) is 11.8 Å². The summed E-state index contributed by atoms with van der Waals surface area (Å²) in [6.45, 7) is 2.39. The highest BCUT2D eigenvalue weighted by molar-refractivity contribution is 7.99. The summed E-state index contributed by atoms with van der Waals surface area (Å²) in [5.41, 5.74) is 0.264. The number of fused-ring (bicyclic) bond motifs is 1. The van der Waals surface area contributed by atoms with Gasteiger partial charge in [0.2, 0.25) is 0 Å². The molecular weight excluding hydrogens is 508 g/mol. The van der Waals surface area contributed by atoms with E-state index in [2.05, 4.69) is 12.0 Å². The fourth-order valence-electron chi connectivity index (χ4n) is 4.74. The lowest BCUT2D eigenvalue weighted by atomic mass is 9.95. The van der Waals surface area contributed by atoms with Crippen LogP contribution in [0.25, 0.3) is 10.8 Å². The van der Waals surface area contributed by atoms with E-state index in [0.29, 0.717) is 10.9 Å². The standard InChI is InChI=1S/C32H42N2O4S/c1-2-3-4-5-6-7-8-9-10-13-22-39-28-18-16-25(17-19-28)30(35)23-26(32(37)38)20-21-34-31(36)29-15-12-11-14-27(29)24-33-34/h11-12,14-19,24,26H,2-10,13,20-23H2,1H3,(H,37,38). The molecule has 0 radical (unpaired) electrons. The molecule has 1 heterocycles. The first-order chi connectivity index (χ1) is 19.0. The van der Waals surface area contributed by atoms with Crippen LogP contribution in [-0.2, 0) is 11.3 Å². The monoisotopic (exact) mass is 550 g/mol. The normalized spacial score (nSPS) is 12.0. The average Bonchev–Trinajstić information content (AvgIpc) is 2.95. The number of carbonyl (C=O) groups is 2. The number of carbonyl (C=O) groups excluding carboxylic acids is 1. The van der Waals surface area contributed by atoms with Gasteiger partial charge in [0, 0.05) is 28.8 Å². The Morgan fingerprint density at radius 3 is 2.21 bits per heavy atom. The van der Waals surface area contributed by atoms with E-state index in [1.807, 2.05) is 24.3 Å². The van der Waals surface area contributed by atoms with Crippen molar-refractivity contribution in [2.45, 2.75) is 95.4 Å². The molecule has 0 saturated carbocycles. The second-order valence-corrected chi connectivity index (χ2v) is 11.4. The summed E-state index contributed by atoms with van der Waals surface area (Å²) in [5, 5.41) is 15.2. The minimum absolute atomic E-state index is 0.108. The predicted molar refractivity (Wildman–Crippen MR) is 160 cm³/mol. The summed E-state index contributed by atoms with van der Waals surface area (Å²) in [6.07, 6.45) is 14.9. The number of nitrogens with zero attached hydrogens (tertiary/aromatic N) is 2. The van der Waals surface area contributed by atoms with Crippen molar-refractivity contribution >= 4 is 34.3 Å². The van der Waals surface area contributed by atoms with E-state index in [0.717, 1.165) is 16.0 Å². The molecule has 0 aliphatic heterocycles. The number of carboxylic acids is 1. The third-order valence-electron chi connectivity index (χ3n) is 7.18. The largest absolute Gasteiger partial charge is 0.481 e. The first-order valence-corrected chi connectivity index (χ1v) is 15.4. The molecule has 1 N–H and O–H groups in total. The first kappa shape index (κ1) is 30.6. The molecule has 0 fully saturated rings. The number of aryl methyl sites for hydroxylation is 1. The lowest BCUT2D eigenvalue weighted by molar-refractivity contribution is -0.142. The van der Waals surface area contributed by atoms with Gasteiger partial charge in [0.25, 0.3) is 5.56 Å². The maximum Gasteiger partial charge on any atom is 0.307 e. The Kier molecular flexibility index (Phi) is 13.3. The molecule has 0 spiro atoms. The van der Waals surface area contributed by atoms with Crippen LogP contribution in [0.1, 0.15) is 94.3 Å². The van der Waals surface area contributed by atoms with Crippen molar-refractivity contribution < 1.29 is 14.7 Å². The van der Waals surface area contributed by atoms with E-state index in [1.54, 1.807) is 42.2 Å². The Morgan fingerprint density at radius 2 is 1.54 bits per heavy atom. The van der Waals surface area contributed by atoms with Crippen molar-refractivity contribution in [2.75, 3.05) is 5.75 Å². The number of unbranched alkanes of at least 4 members (excludes halogenated alkanes) is 9. The Hall–Kier alpha value is -2.93. The van der Waals surface area contributed by atoms with Crippen LogP contribution in [0.5, 0.6) is 0 Å². The molecule has 0 bridgehead atoms. The lowest BCUT2D eigenvalue weighted by Crippen LogP contribution is -2.26. The smallest absolute Gasteiger partial charge is 0.307 e. The van der Waals surface area contributed by atoms with Crippen LogP contribution in [0.4, 0.5) is 0 Å². The van der Waals surface area contributed by atoms with Crippen LogP contribution in [0.2, 0.25) is 0 Å². The second-order valence-electron chi connectivity index (χ2n) is 10.3. The van der Waals surface area contributed by atoms with Crippen molar-refractivity contribution in [2.24, 2.45) is 5.92 Å². The molecule has 210 valence electrons. The molecule has 7 heteroatoms. The summed E-state index contributed by atoms with van der Waals surface area (Å²) in [5.74, 6) is -1.07. The van der Waals surface area contributed by atoms with Crippen LogP contribution < -0.4 is 5.56 Å². The van der Waals surface area contributed by atoms with Crippen LogP contribution in [0, 0.1) is 5.92 Å².